The standard InChI is InChI=1S/C7H14OS2.Na.H/c1-5(2)4-6(3)8-7(9)10;;/h5-6H,4H2,1-3H3,(H,9,10);;. The Kier molecular flexibility index (Phi) is 10.5. The van der Waals surface area contributed by atoms with Gasteiger partial charge in [-0.15, -0.1) is 0 Å². The molecule has 0 aliphatic carbocycles. The van der Waals surface area contributed by atoms with Gasteiger partial charge in [0.05, 0.1) is 6.10 Å². The number of thiol groups is 1. The van der Waals surface area contributed by atoms with Crippen molar-refractivity contribution in [1.29, 1.82) is 0 Å². The molecule has 0 aromatic rings. The van der Waals surface area contributed by atoms with E-state index in [4.69, 9.17) is 4.74 Å². The van der Waals surface area contributed by atoms with Crippen LogP contribution < -0.4 is 0 Å². The van der Waals surface area contributed by atoms with E-state index >= 15 is 0 Å². The van der Waals surface area contributed by atoms with E-state index in [1.54, 1.807) is 0 Å². The molecular formula is C7H15NaOS2. The zero-order valence-electron chi connectivity index (χ0n) is 6.63. The zero-order valence-corrected chi connectivity index (χ0v) is 8.34. The third kappa shape index (κ3) is 11.2. The molecule has 0 bridgehead atoms. The Morgan fingerprint density at radius 3 is 2.18 bits per heavy atom. The van der Waals surface area contributed by atoms with Gasteiger partial charge in [0.1, 0.15) is 0 Å². The van der Waals surface area contributed by atoms with Crippen LogP contribution >= 0.6 is 24.8 Å². The van der Waals surface area contributed by atoms with Crippen LogP contribution in [0.25, 0.3) is 0 Å². The molecular weight excluding hydrogens is 187 g/mol. The van der Waals surface area contributed by atoms with E-state index in [-0.39, 0.29) is 35.7 Å². The third-order valence-corrected chi connectivity index (χ3v) is 1.31. The summed E-state index contributed by atoms with van der Waals surface area (Å²) in [6.07, 6.45) is 1.23. The van der Waals surface area contributed by atoms with Crippen LogP contribution in [-0.2, 0) is 4.74 Å². The molecule has 62 valence electrons. The molecule has 0 amide bonds. The van der Waals surface area contributed by atoms with Crippen molar-refractivity contribution in [3.8, 4) is 0 Å². The van der Waals surface area contributed by atoms with E-state index in [9.17, 15) is 0 Å². The first-order valence-electron chi connectivity index (χ1n) is 3.42. The molecule has 1 atom stereocenters. The molecule has 0 saturated carbocycles. The van der Waals surface area contributed by atoms with Crippen LogP contribution in [0, 0.1) is 5.92 Å². The first-order chi connectivity index (χ1) is 4.52. The summed E-state index contributed by atoms with van der Waals surface area (Å²) in [5.41, 5.74) is 0. The van der Waals surface area contributed by atoms with Gasteiger partial charge in [-0.25, -0.2) is 0 Å². The Bertz CT molecular complexity index is 117. The Balaban J connectivity index is 0. The van der Waals surface area contributed by atoms with Crippen molar-refractivity contribution in [2.75, 3.05) is 0 Å². The van der Waals surface area contributed by atoms with Crippen molar-refractivity contribution in [2.24, 2.45) is 5.92 Å². The predicted molar refractivity (Wildman–Crippen MR) is 58.7 cm³/mol. The monoisotopic (exact) mass is 202 g/mol. The van der Waals surface area contributed by atoms with E-state index in [0.717, 1.165) is 6.42 Å². The van der Waals surface area contributed by atoms with Crippen LogP contribution in [-0.4, -0.2) is 40.0 Å². The van der Waals surface area contributed by atoms with Gasteiger partial charge in [0.15, 0.2) is 0 Å². The summed E-state index contributed by atoms with van der Waals surface area (Å²) in [7, 11) is 0. The van der Waals surface area contributed by atoms with Crippen LogP contribution in [0.15, 0.2) is 0 Å². The summed E-state index contributed by atoms with van der Waals surface area (Å²) < 4.78 is 5.50. The fourth-order valence-corrected chi connectivity index (χ4v) is 1.23. The minimum atomic E-state index is 0. The quantitative estimate of drug-likeness (QED) is 0.426. The second kappa shape index (κ2) is 7.87. The van der Waals surface area contributed by atoms with Crippen molar-refractivity contribution in [3.63, 3.8) is 0 Å². The number of hydrogen-bond acceptors (Lipinski definition) is 2. The Morgan fingerprint density at radius 1 is 1.45 bits per heavy atom. The zero-order chi connectivity index (χ0) is 8.15. The number of rotatable bonds is 3. The van der Waals surface area contributed by atoms with E-state index in [2.05, 4.69) is 38.7 Å². The average molecular weight is 202 g/mol. The van der Waals surface area contributed by atoms with Gasteiger partial charge in [-0.2, -0.15) is 0 Å². The summed E-state index contributed by atoms with van der Waals surface area (Å²) in [4.78, 5) is 0. The van der Waals surface area contributed by atoms with Gasteiger partial charge in [-0.1, -0.05) is 26.5 Å². The topological polar surface area (TPSA) is 9.23 Å². The molecule has 0 aromatic heterocycles. The van der Waals surface area contributed by atoms with Crippen LogP contribution in [0.2, 0.25) is 0 Å². The summed E-state index contributed by atoms with van der Waals surface area (Å²) in [5.74, 6) is 0.651. The number of thiocarbonyl (C=S) groups is 1. The molecule has 0 rings (SSSR count). The number of hydrogen-bond donors (Lipinski definition) is 1. The Morgan fingerprint density at radius 2 is 1.91 bits per heavy atom. The fraction of sp³-hybridized carbons (Fsp3) is 0.857. The molecule has 1 nitrogen and oxygen atoms in total. The maximum atomic E-state index is 5.16. The first-order valence-corrected chi connectivity index (χ1v) is 4.27. The van der Waals surface area contributed by atoms with Crippen LogP contribution in [0.1, 0.15) is 27.2 Å². The minimum absolute atomic E-state index is 0. The second-order valence-electron chi connectivity index (χ2n) is 2.82. The predicted octanol–water partition coefficient (Wildman–Crippen LogP) is 2.00. The summed E-state index contributed by atoms with van der Waals surface area (Å²) >= 11 is 8.54. The molecule has 0 aromatic carbocycles. The van der Waals surface area contributed by atoms with Crippen LogP contribution in [0.5, 0.6) is 0 Å². The molecule has 0 spiro atoms. The van der Waals surface area contributed by atoms with Gasteiger partial charge >= 0.3 is 29.6 Å². The molecule has 4 heteroatoms. The maximum absolute atomic E-state index is 5.16. The summed E-state index contributed by atoms with van der Waals surface area (Å²) in [6.45, 7) is 6.31. The van der Waals surface area contributed by atoms with Gasteiger partial charge in [-0.3, -0.25) is 0 Å². The molecule has 0 N–H and O–H groups in total. The molecule has 0 aliphatic rings. The van der Waals surface area contributed by atoms with Gasteiger partial charge in [-0.05, 0) is 31.5 Å². The number of ether oxygens (including phenoxy) is 1. The molecule has 0 saturated heterocycles. The van der Waals surface area contributed by atoms with E-state index in [1.165, 1.54) is 0 Å². The SMILES string of the molecule is CC(C)CC(C)OC(=S)S.[NaH]. The van der Waals surface area contributed by atoms with Crippen LogP contribution in [0.3, 0.4) is 0 Å². The Hall–Kier alpha value is 1.24. The molecule has 0 heterocycles. The molecule has 11 heavy (non-hydrogen) atoms. The summed E-state index contributed by atoms with van der Waals surface area (Å²) in [5, 5.41) is 0. The normalized spacial score (nSPS) is 12.1. The second-order valence-corrected chi connectivity index (χ2v) is 3.90. The van der Waals surface area contributed by atoms with E-state index < -0.39 is 0 Å². The van der Waals surface area contributed by atoms with E-state index in [0.29, 0.717) is 10.3 Å². The molecule has 1 unspecified atom stereocenters. The first kappa shape index (κ1) is 14.7. The molecule has 0 radical (unpaired) electrons. The van der Waals surface area contributed by atoms with Crippen molar-refractivity contribution < 1.29 is 4.74 Å². The fourth-order valence-electron chi connectivity index (χ4n) is 0.884. The average Bonchev–Trinajstić information content (AvgIpc) is 1.58. The molecule has 0 fully saturated rings. The van der Waals surface area contributed by atoms with Crippen molar-refractivity contribution >= 4 is 58.8 Å². The van der Waals surface area contributed by atoms with Gasteiger partial charge < -0.3 is 4.74 Å². The van der Waals surface area contributed by atoms with Gasteiger partial charge in [0.2, 0.25) is 4.38 Å². The van der Waals surface area contributed by atoms with E-state index in [1.807, 2.05) is 6.92 Å². The van der Waals surface area contributed by atoms with Crippen LogP contribution in [0.4, 0.5) is 0 Å². The van der Waals surface area contributed by atoms with Crippen molar-refractivity contribution in [1.82, 2.24) is 0 Å². The van der Waals surface area contributed by atoms with Crippen molar-refractivity contribution in [3.05, 3.63) is 0 Å². The summed E-state index contributed by atoms with van der Waals surface area (Å²) in [6, 6.07) is 0. The molecule has 0 aliphatic heterocycles. The third-order valence-electron chi connectivity index (χ3n) is 1.11. The van der Waals surface area contributed by atoms with Gasteiger partial charge in [0.25, 0.3) is 0 Å². The van der Waals surface area contributed by atoms with Crippen molar-refractivity contribution in [2.45, 2.75) is 33.3 Å². The Labute approximate surface area is 102 Å². The van der Waals surface area contributed by atoms with Gasteiger partial charge in [0, 0.05) is 0 Å².